The molecule has 1 atom stereocenters. The van der Waals surface area contributed by atoms with Crippen LogP contribution in [0.1, 0.15) is 38.0 Å². The fourth-order valence-corrected chi connectivity index (χ4v) is 3.00. The molecule has 0 spiro atoms. The summed E-state index contributed by atoms with van der Waals surface area (Å²) in [6, 6.07) is 8.29. The van der Waals surface area contributed by atoms with E-state index in [0.29, 0.717) is 0 Å². The molecular formula is C17H23NO2. The number of furan rings is 1. The van der Waals surface area contributed by atoms with Gasteiger partial charge in [-0.05, 0) is 25.8 Å². The number of benzene rings is 1. The zero-order valence-corrected chi connectivity index (χ0v) is 12.4. The van der Waals surface area contributed by atoms with Crippen LogP contribution in [0.25, 0.3) is 11.0 Å². The zero-order chi connectivity index (χ0) is 14.0. The third-order valence-corrected chi connectivity index (χ3v) is 4.23. The molecule has 2 aromatic rings. The Morgan fingerprint density at radius 2 is 2.15 bits per heavy atom. The van der Waals surface area contributed by atoms with Crippen LogP contribution in [0.4, 0.5) is 0 Å². The largest absolute Gasteiger partial charge is 0.461 e. The first-order valence-corrected chi connectivity index (χ1v) is 7.54. The Morgan fingerprint density at radius 1 is 1.30 bits per heavy atom. The van der Waals surface area contributed by atoms with Crippen LogP contribution >= 0.6 is 0 Å². The Balaban J connectivity index is 1.82. The smallest absolute Gasteiger partial charge is 0.134 e. The molecule has 1 fully saturated rings. The van der Waals surface area contributed by atoms with Gasteiger partial charge in [-0.3, -0.25) is 0 Å². The van der Waals surface area contributed by atoms with Crippen molar-refractivity contribution >= 4 is 11.0 Å². The highest BCUT2D eigenvalue weighted by atomic mass is 16.5. The lowest BCUT2D eigenvalue weighted by molar-refractivity contribution is 0.0277. The van der Waals surface area contributed by atoms with Crippen molar-refractivity contribution in [2.24, 2.45) is 0 Å². The Kier molecular flexibility index (Phi) is 3.81. The standard InChI is InChI=1S/C17H23NO2/c1-3-15-14(13-7-4-5-8-16(13)20-15)11-18-17(2)9-6-10-19-12-17/h4-5,7-8,18H,3,6,9-12H2,1-2H3. The van der Waals surface area contributed by atoms with Gasteiger partial charge in [-0.15, -0.1) is 0 Å². The first-order chi connectivity index (χ1) is 9.72. The number of rotatable bonds is 4. The van der Waals surface area contributed by atoms with Crippen LogP contribution in [-0.4, -0.2) is 18.8 Å². The molecule has 1 N–H and O–H groups in total. The van der Waals surface area contributed by atoms with Crippen molar-refractivity contribution in [3.8, 4) is 0 Å². The maximum absolute atomic E-state index is 5.95. The van der Waals surface area contributed by atoms with E-state index < -0.39 is 0 Å². The third kappa shape index (κ3) is 2.60. The molecule has 0 amide bonds. The minimum Gasteiger partial charge on any atom is -0.461 e. The molecule has 1 unspecified atom stereocenters. The van der Waals surface area contributed by atoms with Gasteiger partial charge in [0.15, 0.2) is 0 Å². The molecule has 0 bridgehead atoms. The molecule has 3 nitrogen and oxygen atoms in total. The summed E-state index contributed by atoms with van der Waals surface area (Å²) in [7, 11) is 0. The summed E-state index contributed by atoms with van der Waals surface area (Å²) in [6.45, 7) is 6.93. The van der Waals surface area contributed by atoms with Crippen LogP contribution in [0.15, 0.2) is 28.7 Å². The molecule has 0 saturated carbocycles. The molecule has 1 aromatic carbocycles. The van der Waals surface area contributed by atoms with Gasteiger partial charge in [0, 0.05) is 36.1 Å². The summed E-state index contributed by atoms with van der Waals surface area (Å²) in [5, 5.41) is 4.92. The minimum atomic E-state index is 0.0850. The van der Waals surface area contributed by atoms with Crippen molar-refractivity contribution in [3.63, 3.8) is 0 Å². The van der Waals surface area contributed by atoms with Gasteiger partial charge in [0.2, 0.25) is 0 Å². The van der Waals surface area contributed by atoms with Gasteiger partial charge in [0.25, 0.3) is 0 Å². The van der Waals surface area contributed by atoms with Gasteiger partial charge in [0.05, 0.1) is 6.61 Å². The first kappa shape index (κ1) is 13.7. The monoisotopic (exact) mass is 273 g/mol. The van der Waals surface area contributed by atoms with E-state index in [-0.39, 0.29) is 5.54 Å². The minimum absolute atomic E-state index is 0.0850. The van der Waals surface area contributed by atoms with E-state index in [1.807, 2.05) is 12.1 Å². The average molecular weight is 273 g/mol. The quantitative estimate of drug-likeness (QED) is 0.923. The van der Waals surface area contributed by atoms with Gasteiger partial charge in [-0.1, -0.05) is 25.1 Å². The van der Waals surface area contributed by atoms with E-state index >= 15 is 0 Å². The van der Waals surface area contributed by atoms with Crippen LogP contribution in [0.3, 0.4) is 0 Å². The second-order valence-electron chi connectivity index (χ2n) is 5.92. The van der Waals surface area contributed by atoms with Crippen molar-refractivity contribution in [1.29, 1.82) is 0 Å². The van der Waals surface area contributed by atoms with E-state index in [0.717, 1.165) is 43.9 Å². The SMILES string of the molecule is CCc1oc2ccccc2c1CNC1(C)CCCOC1. The van der Waals surface area contributed by atoms with Crippen LogP contribution in [0.5, 0.6) is 0 Å². The fourth-order valence-electron chi connectivity index (χ4n) is 3.00. The van der Waals surface area contributed by atoms with Crippen LogP contribution in [-0.2, 0) is 17.7 Å². The van der Waals surface area contributed by atoms with Crippen molar-refractivity contribution in [3.05, 3.63) is 35.6 Å². The zero-order valence-electron chi connectivity index (χ0n) is 12.4. The van der Waals surface area contributed by atoms with Crippen LogP contribution in [0, 0.1) is 0 Å². The second-order valence-corrected chi connectivity index (χ2v) is 5.92. The van der Waals surface area contributed by atoms with Crippen LogP contribution < -0.4 is 5.32 Å². The molecule has 108 valence electrons. The first-order valence-electron chi connectivity index (χ1n) is 7.54. The van der Waals surface area contributed by atoms with Gasteiger partial charge < -0.3 is 14.5 Å². The van der Waals surface area contributed by atoms with E-state index in [2.05, 4.69) is 31.3 Å². The molecule has 20 heavy (non-hydrogen) atoms. The lowest BCUT2D eigenvalue weighted by Crippen LogP contribution is -2.48. The predicted molar refractivity (Wildman–Crippen MR) is 80.9 cm³/mol. The van der Waals surface area contributed by atoms with E-state index in [1.165, 1.54) is 17.4 Å². The summed E-state index contributed by atoms with van der Waals surface area (Å²) >= 11 is 0. The molecule has 0 radical (unpaired) electrons. The van der Waals surface area contributed by atoms with Gasteiger partial charge >= 0.3 is 0 Å². The summed E-state index contributed by atoms with van der Waals surface area (Å²) in [4.78, 5) is 0. The second kappa shape index (κ2) is 5.58. The lowest BCUT2D eigenvalue weighted by Gasteiger charge is -2.34. The van der Waals surface area contributed by atoms with E-state index in [9.17, 15) is 0 Å². The molecule has 1 saturated heterocycles. The Labute approximate surface area is 120 Å². The maximum Gasteiger partial charge on any atom is 0.134 e. The maximum atomic E-state index is 5.95. The van der Waals surface area contributed by atoms with Crippen molar-refractivity contribution in [1.82, 2.24) is 5.32 Å². The molecule has 1 aliphatic rings. The lowest BCUT2D eigenvalue weighted by atomic mass is 9.94. The van der Waals surface area contributed by atoms with Gasteiger partial charge in [0.1, 0.15) is 11.3 Å². The molecule has 3 rings (SSSR count). The Hall–Kier alpha value is -1.32. The predicted octanol–water partition coefficient (Wildman–Crippen LogP) is 3.65. The average Bonchev–Trinajstić information content (AvgIpc) is 2.84. The van der Waals surface area contributed by atoms with Gasteiger partial charge in [-0.25, -0.2) is 0 Å². The number of para-hydroxylation sites is 1. The number of ether oxygens (including phenoxy) is 1. The highest BCUT2D eigenvalue weighted by Gasteiger charge is 2.27. The molecule has 1 aromatic heterocycles. The van der Waals surface area contributed by atoms with E-state index in [1.54, 1.807) is 0 Å². The van der Waals surface area contributed by atoms with Gasteiger partial charge in [-0.2, -0.15) is 0 Å². The number of hydrogen-bond acceptors (Lipinski definition) is 3. The molecule has 3 heteroatoms. The molecule has 2 heterocycles. The number of nitrogens with one attached hydrogen (secondary N) is 1. The highest BCUT2D eigenvalue weighted by Crippen LogP contribution is 2.27. The third-order valence-electron chi connectivity index (χ3n) is 4.23. The molecule has 1 aliphatic heterocycles. The molecular weight excluding hydrogens is 250 g/mol. The summed E-state index contributed by atoms with van der Waals surface area (Å²) in [5.74, 6) is 1.10. The fraction of sp³-hybridized carbons (Fsp3) is 0.529. The highest BCUT2D eigenvalue weighted by molar-refractivity contribution is 5.82. The Morgan fingerprint density at radius 3 is 2.90 bits per heavy atom. The van der Waals surface area contributed by atoms with Crippen LogP contribution in [0.2, 0.25) is 0 Å². The summed E-state index contributed by atoms with van der Waals surface area (Å²) in [6.07, 6.45) is 3.24. The summed E-state index contributed by atoms with van der Waals surface area (Å²) < 4.78 is 11.6. The number of hydrogen-bond donors (Lipinski definition) is 1. The van der Waals surface area contributed by atoms with E-state index in [4.69, 9.17) is 9.15 Å². The van der Waals surface area contributed by atoms with Crippen molar-refractivity contribution in [2.75, 3.05) is 13.2 Å². The van der Waals surface area contributed by atoms with Crippen molar-refractivity contribution < 1.29 is 9.15 Å². The Bertz CT molecular complexity index is 582. The molecule has 0 aliphatic carbocycles. The topological polar surface area (TPSA) is 34.4 Å². The number of aryl methyl sites for hydroxylation is 1. The normalized spacial score (nSPS) is 23.3. The number of fused-ring (bicyclic) bond motifs is 1. The van der Waals surface area contributed by atoms with Crippen molar-refractivity contribution in [2.45, 2.75) is 45.2 Å². The summed E-state index contributed by atoms with van der Waals surface area (Å²) in [5.41, 5.74) is 2.38.